The Morgan fingerprint density at radius 3 is 2.91 bits per heavy atom. The van der Waals surface area contributed by atoms with Gasteiger partial charge in [-0.3, -0.25) is 9.78 Å². The summed E-state index contributed by atoms with van der Waals surface area (Å²) in [5.74, 6) is 0. The summed E-state index contributed by atoms with van der Waals surface area (Å²) in [6.45, 7) is 0. The third-order valence-corrected chi connectivity index (χ3v) is 1.47. The van der Waals surface area contributed by atoms with Gasteiger partial charge in [0.15, 0.2) is 0 Å². The van der Waals surface area contributed by atoms with Gasteiger partial charge in [-0.05, 0) is 17.7 Å². The van der Waals surface area contributed by atoms with Gasteiger partial charge in [-0.15, -0.1) is 0 Å². The number of carbonyl (C=O) groups excluding carboxylic acids is 1. The fourth-order valence-corrected chi connectivity index (χ4v) is 0.787. The highest BCUT2D eigenvalue weighted by atomic mass is 35.5. The lowest BCUT2D eigenvalue weighted by Gasteiger charge is -1.98. The van der Waals surface area contributed by atoms with Crippen molar-refractivity contribution in [1.82, 2.24) is 4.98 Å². The molecule has 1 aromatic rings. The third-order valence-electron chi connectivity index (χ3n) is 1.25. The van der Waals surface area contributed by atoms with E-state index in [0.29, 0.717) is 5.56 Å². The first kappa shape index (κ1) is 8.01. The highest BCUT2D eigenvalue weighted by molar-refractivity contribution is 6.67. The van der Waals surface area contributed by atoms with E-state index in [1.54, 1.807) is 19.3 Å². The maximum atomic E-state index is 10.6. The zero-order chi connectivity index (χ0) is 8.27. The molecular weight excluding hydrogens is 164 g/mol. The Bertz CT molecular complexity index is 275. The minimum atomic E-state index is -0.491. The summed E-state index contributed by atoms with van der Waals surface area (Å²) in [4.78, 5) is 14.4. The highest BCUT2D eigenvalue weighted by Crippen LogP contribution is 2.08. The summed E-state index contributed by atoms with van der Waals surface area (Å²) in [5.41, 5.74) is 1.18. The Hall–Kier alpha value is -1.09. The summed E-state index contributed by atoms with van der Waals surface area (Å²) in [5, 5.41) is 2.36. The number of halogens is 1. The number of nitrogens with one attached hydrogen (secondary N) is 1. The minimum Gasteiger partial charge on any atom is -0.387 e. The lowest BCUT2D eigenvalue weighted by atomic mass is 10.3. The molecule has 0 aliphatic carbocycles. The van der Waals surface area contributed by atoms with Gasteiger partial charge in [0.2, 0.25) is 0 Å². The Morgan fingerprint density at radius 1 is 1.64 bits per heavy atom. The molecule has 0 aliphatic rings. The molecule has 0 bridgehead atoms. The van der Waals surface area contributed by atoms with Crippen molar-refractivity contribution in [1.29, 1.82) is 0 Å². The predicted octanol–water partition coefficient (Wildman–Crippen LogP) is 1.50. The molecule has 0 spiro atoms. The molecular formula is C7H7ClN2O. The molecule has 0 aromatic carbocycles. The standard InChI is InChI=1S/C7H7ClN2O/c1-9-6-2-5(7(8)11)3-10-4-6/h2-4,9H,1H3. The highest BCUT2D eigenvalue weighted by Gasteiger charge is 2.01. The monoisotopic (exact) mass is 170 g/mol. The Kier molecular flexibility index (Phi) is 2.44. The topological polar surface area (TPSA) is 42.0 Å². The molecule has 1 heterocycles. The fourth-order valence-electron chi connectivity index (χ4n) is 0.684. The molecule has 0 saturated carbocycles. The Labute approximate surface area is 69.4 Å². The van der Waals surface area contributed by atoms with Crippen LogP contribution in [0.15, 0.2) is 18.5 Å². The maximum absolute atomic E-state index is 10.6. The SMILES string of the molecule is CNc1cncc(C(=O)Cl)c1. The smallest absolute Gasteiger partial charge is 0.254 e. The number of nitrogens with zero attached hydrogens (tertiary/aromatic N) is 1. The largest absolute Gasteiger partial charge is 0.387 e. The van der Waals surface area contributed by atoms with E-state index in [1.807, 2.05) is 0 Å². The first-order valence-electron chi connectivity index (χ1n) is 3.06. The molecule has 1 N–H and O–H groups in total. The third kappa shape index (κ3) is 1.91. The van der Waals surface area contributed by atoms with Crippen molar-refractivity contribution >= 4 is 22.5 Å². The van der Waals surface area contributed by atoms with Crippen LogP contribution in [0.1, 0.15) is 10.4 Å². The molecule has 0 radical (unpaired) electrons. The van der Waals surface area contributed by atoms with Gasteiger partial charge >= 0.3 is 0 Å². The number of anilines is 1. The molecule has 11 heavy (non-hydrogen) atoms. The molecule has 3 nitrogen and oxygen atoms in total. The Balaban J connectivity index is 3.01. The van der Waals surface area contributed by atoms with E-state index in [4.69, 9.17) is 11.6 Å². The molecule has 0 atom stereocenters. The zero-order valence-corrected chi connectivity index (χ0v) is 6.72. The van der Waals surface area contributed by atoms with Crippen LogP contribution in [0, 0.1) is 0 Å². The van der Waals surface area contributed by atoms with Crippen LogP contribution in [0.2, 0.25) is 0 Å². The van der Waals surface area contributed by atoms with Gasteiger partial charge in [0.1, 0.15) is 0 Å². The van der Waals surface area contributed by atoms with Crippen molar-refractivity contribution in [2.24, 2.45) is 0 Å². The second-order valence-electron chi connectivity index (χ2n) is 1.99. The maximum Gasteiger partial charge on any atom is 0.254 e. The minimum absolute atomic E-state index is 0.401. The summed E-state index contributed by atoms with van der Waals surface area (Å²) in [6, 6.07) is 1.64. The van der Waals surface area contributed by atoms with Gasteiger partial charge in [-0.1, -0.05) is 0 Å². The van der Waals surface area contributed by atoms with Crippen LogP contribution in [0.25, 0.3) is 0 Å². The summed E-state index contributed by atoms with van der Waals surface area (Å²) >= 11 is 5.23. The van der Waals surface area contributed by atoms with Crippen molar-refractivity contribution in [3.8, 4) is 0 Å². The van der Waals surface area contributed by atoms with E-state index in [1.165, 1.54) is 6.20 Å². The fraction of sp³-hybridized carbons (Fsp3) is 0.143. The first-order valence-corrected chi connectivity index (χ1v) is 3.44. The molecule has 0 amide bonds. The number of pyridine rings is 1. The number of rotatable bonds is 2. The van der Waals surface area contributed by atoms with Gasteiger partial charge in [0, 0.05) is 19.4 Å². The average molecular weight is 171 g/mol. The zero-order valence-electron chi connectivity index (χ0n) is 5.97. The molecule has 58 valence electrons. The van der Waals surface area contributed by atoms with Crippen molar-refractivity contribution in [2.45, 2.75) is 0 Å². The average Bonchev–Trinajstić information content (AvgIpc) is 2.05. The quantitative estimate of drug-likeness (QED) is 0.684. The van der Waals surface area contributed by atoms with Gasteiger partial charge in [0.25, 0.3) is 5.24 Å². The molecule has 0 aliphatic heterocycles. The van der Waals surface area contributed by atoms with Crippen LogP contribution in [0.3, 0.4) is 0 Å². The van der Waals surface area contributed by atoms with E-state index in [-0.39, 0.29) is 0 Å². The molecule has 0 unspecified atom stereocenters. The van der Waals surface area contributed by atoms with E-state index in [2.05, 4.69) is 10.3 Å². The van der Waals surface area contributed by atoms with Crippen LogP contribution >= 0.6 is 11.6 Å². The van der Waals surface area contributed by atoms with Crippen molar-refractivity contribution in [2.75, 3.05) is 12.4 Å². The van der Waals surface area contributed by atoms with Crippen LogP contribution < -0.4 is 5.32 Å². The molecule has 1 rings (SSSR count). The summed E-state index contributed by atoms with van der Waals surface area (Å²) < 4.78 is 0. The van der Waals surface area contributed by atoms with Crippen LogP contribution in [-0.4, -0.2) is 17.3 Å². The van der Waals surface area contributed by atoms with E-state index in [0.717, 1.165) is 5.69 Å². The van der Waals surface area contributed by atoms with Gasteiger partial charge in [-0.25, -0.2) is 0 Å². The van der Waals surface area contributed by atoms with Crippen molar-refractivity contribution in [3.63, 3.8) is 0 Å². The van der Waals surface area contributed by atoms with Crippen LogP contribution in [0.4, 0.5) is 5.69 Å². The molecule has 0 saturated heterocycles. The summed E-state index contributed by atoms with van der Waals surface area (Å²) in [7, 11) is 1.75. The predicted molar refractivity (Wildman–Crippen MR) is 44.0 cm³/mol. The lowest BCUT2D eigenvalue weighted by molar-refractivity contribution is 0.108. The molecule has 4 heteroatoms. The van der Waals surface area contributed by atoms with E-state index < -0.39 is 5.24 Å². The Morgan fingerprint density at radius 2 is 2.36 bits per heavy atom. The number of hydrogen-bond donors (Lipinski definition) is 1. The number of carbonyl (C=O) groups is 1. The second kappa shape index (κ2) is 3.34. The van der Waals surface area contributed by atoms with Crippen LogP contribution in [-0.2, 0) is 0 Å². The molecule has 0 fully saturated rings. The summed E-state index contributed by atoms with van der Waals surface area (Å²) in [6.07, 6.45) is 3.04. The van der Waals surface area contributed by atoms with E-state index in [9.17, 15) is 4.79 Å². The lowest BCUT2D eigenvalue weighted by Crippen LogP contribution is -1.94. The first-order chi connectivity index (χ1) is 5.24. The van der Waals surface area contributed by atoms with E-state index >= 15 is 0 Å². The van der Waals surface area contributed by atoms with Crippen LogP contribution in [0.5, 0.6) is 0 Å². The second-order valence-corrected chi connectivity index (χ2v) is 2.33. The van der Waals surface area contributed by atoms with Crippen molar-refractivity contribution < 1.29 is 4.79 Å². The van der Waals surface area contributed by atoms with Gasteiger partial charge in [0.05, 0.1) is 11.3 Å². The number of hydrogen-bond acceptors (Lipinski definition) is 3. The van der Waals surface area contributed by atoms with Gasteiger partial charge in [-0.2, -0.15) is 0 Å². The normalized spacial score (nSPS) is 9.27. The van der Waals surface area contributed by atoms with Crippen molar-refractivity contribution in [3.05, 3.63) is 24.0 Å². The van der Waals surface area contributed by atoms with Gasteiger partial charge < -0.3 is 5.32 Å². The molecule has 1 aromatic heterocycles. The number of aromatic nitrogens is 1.